The molecule has 2 bridgehead atoms. The first kappa shape index (κ1) is 11.2. The summed E-state index contributed by atoms with van der Waals surface area (Å²) < 4.78 is 5.97. The third kappa shape index (κ3) is 1.47. The molecule has 0 N–H and O–H groups in total. The molecule has 2 aliphatic rings. The summed E-state index contributed by atoms with van der Waals surface area (Å²) in [5.74, 6) is 1.57. The van der Waals surface area contributed by atoms with Crippen LogP contribution < -0.4 is 0 Å². The van der Waals surface area contributed by atoms with E-state index in [0.717, 1.165) is 18.4 Å². The van der Waals surface area contributed by atoms with Gasteiger partial charge in [-0.3, -0.25) is 0 Å². The second-order valence-corrected chi connectivity index (χ2v) is 6.01. The van der Waals surface area contributed by atoms with E-state index in [1.54, 1.807) is 5.57 Å². The molecule has 0 aromatic heterocycles. The maximum atomic E-state index is 5.97. The zero-order valence-corrected chi connectivity index (χ0v) is 10.8. The molecule has 2 rings (SSSR count). The van der Waals surface area contributed by atoms with Crippen molar-refractivity contribution in [1.82, 2.24) is 0 Å². The number of fused-ring (bicyclic) bond motifs is 2. The highest BCUT2D eigenvalue weighted by Crippen LogP contribution is 2.60. The predicted molar refractivity (Wildman–Crippen MR) is 63.8 cm³/mol. The molecule has 3 atom stereocenters. The highest BCUT2D eigenvalue weighted by Gasteiger charge is 2.55. The molecule has 0 heterocycles. The lowest BCUT2D eigenvalue weighted by Crippen LogP contribution is -2.46. The molecule has 86 valence electrons. The molecule has 0 aromatic rings. The molecule has 1 fully saturated rings. The molecule has 1 heteroatoms. The average Bonchev–Trinajstić information content (AvgIpc) is 2.61. The fraction of sp³-hybridized carbons (Fsp3) is 0.857. The first-order chi connectivity index (χ1) is 6.90. The fourth-order valence-electron chi connectivity index (χ4n) is 3.58. The van der Waals surface area contributed by atoms with Crippen LogP contribution in [0, 0.1) is 17.3 Å². The zero-order chi connectivity index (χ0) is 11.3. The van der Waals surface area contributed by atoms with Crippen molar-refractivity contribution in [3.63, 3.8) is 0 Å². The lowest BCUT2D eigenvalue weighted by Gasteiger charge is -2.46. The van der Waals surface area contributed by atoms with Crippen LogP contribution in [0.2, 0.25) is 0 Å². The van der Waals surface area contributed by atoms with E-state index in [2.05, 4.69) is 40.7 Å². The Bertz CT molecular complexity index is 290. The summed E-state index contributed by atoms with van der Waals surface area (Å²) in [5.41, 5.74) is 1.97. The summed E-state index contributed by atoms with van der Waals surface area (Å²) in [5, 5.41) is 0. The van der Waals surface area contributed by atoms with E-state index in [1.807, 2.05) is 0 Å². The molecule has 0 spiro atoms. The van der Waals surface area contributed by atoms with Crippen molar-refractivity contribution in [1.29, 1.82) is 0 Å². The highest BCUT2D eigenvalue weighted by atomic mass is 16.5. The summed E-state index contributed by atoms with van der Waals surface area (Å²) in [6, 6.07) is 0. The van der Waals surface area contributed by atoms with Gasteiger partial charge in [-0.25, -0.2) is 0 Å². The summed E-state index contributed by atoms with van der Waals surface area (Å²) in [7, 11) is 0. The van der Waals surface area contributed by atoms with Crippen molar-refractivity contribution in [2.75, 3.05) is 6.61 Å². The number of hydrogen-bond donors (Lipinski definition) is 0. The van der Waals surface area contributed by atoms with Gasteiger partial charge in [0, 0.05) is 12.0 Å². The van der Waals surface area contributed by atoms with E-state index >= 15 is 0 Å². The van der Waals surface area contributed by atoms with Crippen LogP contribution in [-0.2, 0) is 4.74 Å². The first-order valence-corrected chi connectivity index (χ1v) is 6.23. The van der Waals surface area contributed by atoms with Crippen LogP contribution in [0.25, 0.3) is 0 Å². The number of rotatable bonds is 3. The Morgan fingerprint density at radius 1 is 1.53 bits per heavy atom. The van der Waals surface area contributed by atoms with Crippen molar-refractivity contribution in [3.05, 3.63) is 11.6 Å². The van der Waals surface area contributed by atoms with Crippen LogP contribution in [-0.4, -0.2) is 12.2 Å². The van der Waals surface area contributed by atoms with Crippen molar-refractivity contribution < 1.29 is 4.74 Å². The molecular formula is C14H24O. The standard InChI is InChI=1S/C14H24O/c1-6-15-13(3,4)14(5)9-11-8-12(14)7-10(11)2/h7,11-12H,6,8-9H2,1-5H3. The summed E-state index contributed by atoms with van der Waals surface area (Å²) in [6.45, 7) is 12.1. The lowest BCUT2D eigenvalue weighted by atomic mass is 9.66. The van der Waals surface area contributed by atoms with Crippen molar-refractivity contribution in [2.45, 2.75) is 53.1 Å². The largest absolute Gasteiger partial charge is 0.375 e. The van der Waals surface area contributed by atoms with Crippen LogP contribution in [0.4, 0.5) is 0 Å². The predicted octanol–water partition coefficient (Wildman–Crippen LogP) is 3.79. The Morgan fingerprint density at radius 3 is 2.60 bits per heavy atom. The Labute approximate surface area is 93.9 Å². The van der Waals surface area contributed by atoms with E-state index in [1.165, 1.54) is 12.8 Å². The maximum Gasteiger partial charge on any atom is 0.0685 e. The molecule has 0 aliphatic heterocycles. The Morgan fingerprint density at radius 2 is 2.20 bits per heavy atom. The highest BCUT2D eigenvalue weighted by molar-refractivity contribution is 5.24. The number of ether oxygens (including phenoxy) is 1. The van der Waals surface area contributed by atoms with E-state index in [0.29, 0.717) is 5.41 Å². The Hall–Kier alpha value is -0.300. The van der Waals surface area contributed by atoms with Crippen LogP contribution >= 0.6 is 0 Å². The number of hydrogen-bond acceptors (Lipinski definition) is 1. The Balaban J connectivity index is 2.23. The van der Waals surface area contributed by atoms with Gasteiger partial charge in [-0.2, -0.15) is 0 Å². The average molecular weight is 208 g/mol. The van der Waals surface area contributed by atoms with Gasteiger partial charge in [0.15, 0.2) is 0 Å². The second kappa shape index (κ2) is 3.35. The third-order valence-electron chi connectivity index (χ3n) is 5.02. The summed E-state index contributed by atoms with van der Waals surface area (Å²) in [6.07, 6.45) is 5.17. The van der Waals surface area contributed by atoms with Gasteiger partial charge in [-0.1, -0.05) is 18.6 Å². The molecule has 0 radical (unpaired) electrons. The molecular weight excluding hydrogens is 184 g/mol. The minimum absolute atomic E-state index is 0.0123. The molecule has 1 saturated carbocycles. The van der Waals surface area contributed by atoms with E-state index < -0.39 is 0 Å². The van der Waals surface area contributed by atoms with Gasteiger partial charge in [0.2, 0.25) is 0 Å². The van der Waals surface area contributed by atoms with E-state index in [4.69, 9.17) is 4.74 Å². The molecule has 3 unspecified atom stereocenters. The van der Waals surface area contributed by atoms with Gasteiger partial charge < -0.3 is 4.74 Å². The van der Waals surface area contributed by atoms with Crippen LogP contribution in [0.1, 0.15) is 47.5 Å². The molecule has 2 aliphatic carbocycles. The topological polar surface area (TPSA) is 9.23 Å². The van der Waals surface area contributed by atoms with Crippen molar-refractivity contribution in [2.24, 2.45) is 17.3 Å². The third-order valence-corrected chi connectivity index (χ3v) is 5.02. The van der Waals surface area contributed by atoms with Gasteiger partial charge in [0.1, 0.15) is 0 Å². The van der Waals surface area contributed by atoms with E-state index in [-0.39, 0.29) is 5.60 Å². The zero-order valence-electron chi connectivity index (χ0n) is 10.8. The smallest absolute Gasteiger partial charge is 0.0685 e. The van der Waals surface area contributed by atoms with Crippen LogP contribution in [0.5, 0.6) is 0 Å². The summed E-state index contributed by atoms with van der Waals surface area (Å²) in [4.78, 5) is 0. The Kier molecular flexibility index (Phi) is 2.50. The molecule has 0 aromatic carbocycles. The van der Waals surface area contributed by atoms with Gasteiger partial charge >= 0.3 is 0 Å². The maximum absolute atomic E-state index is 5.97. The molecule has 0 saturated heterocycles. The fourth-order valence-corrected chi connectivity index (χ4v) is 3.58. The van der Waals surface area contributed by atoms with Gasteiger partial charge in [0.05, 0.1) is 5.60 Å². The SMILES string of the molecule is CCOC(C)(C)C1(C)CC2CC1C=C2C. The number of allylic oxidation sites excluding steroid dienone is 2. The minimum Gasteiger partial charge on any atom is -0.375 e. The minimum atomic E-state index is 0.0123. The molecule has 1 nitrogen and oxygen atoms in total. The normalized spacial score (nSPS) is 39.7. The quantitative estimate of drug-likeness (QED) is 0.641. The van der Waals surface area contributed by atoms with Gasteiger partial charge in [0.25, 0.3) is 0 Å². The van der Waals surface area contributed by atoms with Crippen molar-refractivity contribution >= 4 is 0 Å². The lowest BCUT2D eigenvalue weighted by molar-refractivity contribution is -0.112. The van der Waals surface area contributed by atoms with Crippen LogP contribution in [0.3, 0.4) is 0 Å². The van der Waals surface area contributed by atoms with Gasteiger partial charge in [-0.15, -0.1) is 0 Å². The molecule has 0 amide bonds. The van der Waals surface area contributed by atoms with Gasteiger partial charge in [-0.05, 0) is 52.4 Å². The van der Waals surface area contributed by atoms with Crippen LogP contribution in [0.15, 0.2) is 11.6 Å². The summed E-state index contributed by atoms with van der Waals surface area (Å²) >= 11 is 0. The second-order valence-electron chi connectivity index (χ2n) is 6.01. The monoisotopic (exact) mass is 208 g/mol. The van der Waals surface area contributed by atoms with E-state index in [9.17, 15) is 0 Å². The molecule has 15 heavy (non-hydrogen) atoms. The first-order valence-electron chi connectivity index (χ1n) is 6.23. The van der Waals surface area contributed by atoms with Crippen molar-refractivity contribution in [3.8, 4) is 0 Å².